The quantitative estimate of drug-likeness (QED) is 0.673. The highest BCUT2D eigenvalue weighted by molar-refractivity contribution is 8.00. The standard InChI is InChI=1S/C15H20N2O3S/c18-8-4-2-1-3-7-16-15(20)11-5-6-13-12(9-11)17-14(19)10-21-13/h5-6,9,18H,1-4,7-8,10H2,(H,16,20)(H,17,19). The third kappa shape index (κ3) is 4.75. The minimum absolute atomic E-state index is 0.0334. The summed E-state index contributed by atoms with van der Waals surface area (Å²) in [6.45, 7) is 0.855. The van der Waals surface area contributed by atoms with Crippen molar-refractivity contribution >= 4 is 29.3 Å². The highest BCUT2D eigenvalue weighted by Gasteiger charge is 2.17. The van der Waals surface area contributed by atoms with E-state index >= 15 is 0 Å². The normalized spacial score (nSPS) is 13.5. The molecule has 0 fully saturated rings. The first-order valence-electron chi connectivity index (χ1n) is 7.16. The third-order valence-electron chi connectivity index (χ3n) is 3.25. The molecule has 0 atom stereocenters. The predicted octanol–water partition coefficient (Wildman–Crippen LogP) is 2.01. The van der Waals surface area contributed by atoms with Crippen molar-refractivity contribution in [3.63, 3.8) is 0 Å². The van der Waals surface area contributed by atoms with Gasteiger partial charge in [-0.3, -0.25) is 9.59 Å². The first-order valence-corrected chi connectivity index (χ1v) is 8.15. The summed E-state index contributed by atoms with van der Waals surface area (Å²) < 4.78 is 0. The largest absolute Gasteiger partial charge is 0.396 e. The fourth-order valence-electron chi connectivity index (χ4n) is 2.12. The van der Waals surface area contributed by atoms with E-state index in [0.29, 0.717) is 23.5 Å². The van der Waals surface area contributed by atoms with Crippen molar-refractivity contribution in [2.75, 3.05) is 24.2 Å². The average molecular weight is 308 g/mol. The SMILES string of the molecule is O=C1CSc2ccc(C(=O)NCCCCCCO)cc2N1. The number of aliphatic hydroxyl groups excluding tert-OH is 1. The Labute approximate surface area is 128 Å². The number of carbonyl (C=O) groups is 2. The molecule has 0 unspecified atom stereocenters. The Morgan fingerprint density at radius 3 is 2.90 bits per heavy atom. The van der Waals surface area contributed by atoms with Crippen LogP contribution in [0.1, 0.15) is 36.0 Å². The number of benzene rings is 1. The van der Waals surface area contributed by atoms with Gasteiger partial charge in [-0.1, -0.05) is 12.8 Å². The summed E-state index contributed by atoms with van der Waals surface area (Å²) in [5, 5.41) is 14.3. The summed E-state index contributed by atoms with van der Waals surface area (Å²) in [4.78, 5) is 24.4. The van der Waals surface area contributed by atoms with Crippen LogP contribution in [-0.4, -0.2) is 35.8 Å². The number of amides is 2. The highest BCUT2D eigenvalue weighted by Crippen LogP contribution is 2.31. The van der Waals surface area contributed by atoms with E-state index in [1.54, 1.807) is 12.1 Å². The molecule has 3 N–H and O–H groups in total. The monoisotopic (exact) mass is 308 g/mol. The molecule has 1 aliphatic heterocycles. The lowest BCUT2D eigenvalue weighted by Gasteiger charge is -2.16. The van der Waals surface area contributed by atoms with Gasteiger partial charge in [-0.25, -0.2) is 0 Å². The first kappa shape index (κ1) is 15.9. The molecule has 1 heterocycles. The van der Waals surface area contributed by atoms with Gasteiger partial charge in [0.05, 0.1) is 11.4 Å². The predicted molar refractivity (Wildman–Crippen MR) is 83.7 cm³/mol. The van der Waals surface area contributed by atoms with Crippen LogP contribution in [0.4, 0.5) is 5.69 Å². The molecule has 1 aliphatic rings. The van der Waals surface area contributed by atoms with Crippen molar-refractivity contribution in [2.45, 2.75) is 30.6 Å². The lowest BCUT2D eigenvalue weighted by atomic mass is 10.1. The molecule has 6 heteroatoms. The summed E-state index contributed by atoms with van der Waals surface area (Å²) in [5.41, 5.74) is 1.28. The van der Waals surface area contributed by atoms with E-state index in [1.165, 1.54) is 11.8 Å². The average Bonchev–Trinajstić information content (AvgIpc) is 2.49. The number of rotatable bonds is 7. The second-order valence-electron chi connectivity index (χ2n) is 4.94. The van der Waals surface area contributed by atoms with Gasteiger partial charge in [-0.2, -0.15) is 0 Å². The number of thioether (sulfide) groups is 1. The number of unbranched alkanes of at least 4 members (excludes halogenated alkanes) is 3. The van der Waals surface area contributed by atoms with Gasteiger partial charge >= 0.3 is 0 Å². The summed E-state index contributed by atoms with van der Waals surface area (Å²) in [6, 6.07) is 5.38. The minimum atomic E-state index is -0.121. The van der Waals surface area contributed by atoms with Gasteiger partial charge in [-0.05, 0) is 31.0 Å². The maximum absolute atomic E-state index is 12.0. The Morgan fingerprint density at radius 1 is 1.29 bits per heavy atom. The second kappa shape index (κ2) is 8.05. The smallest absolute Gasteiger partial charge is 0.251 e. The van der Waals surface area contributed by atoms with E-state index in [-0.39, 0.29) is 18.4 Å². The van der Waals surface area contributed by atoms with Crippen molar-refractivity contribution in [3.05, 3.63) is 23.8 Å². The molecule has 21 heavy (non-hydrogen) atoms. The molecular formula is C15H20N2O3S. The van der Waals surface area contributed by atoms with Crippen LogP contribution < -0.4 is 10.6 Å². The second-order valence-corrected chi connectivity index (χ2v) is 5.96. The Morgan fingerprint density at radius 2 is 2.10 bits per heavy atom. The van der Waals surface area contributed by atoms with Crippen molar-refractivity contribution in [3.8, 4) is 0 Å². The number of aliphatic hydroxyl groups is 1. The molecule has 0 radical (unpaired) electrons. The van der Waals surface area contributed by atoms with Gasteiger partial charge in [0.15, 0.2) is 0 Å². The maximum Gasteiger partial charge on any atom is 0.251 e. The lowest BCUT2D eigenvalue weighted by Crippen LogP contribution is -2.25. The van der Waals surface area contributed by atoms with Crippen LogP contribution in [-0.2, 0) is 4.79 Å². The van der Waals surface area contributed by atoms with Crippen molar-refractivity contribution in [1.29, 1.82) is 0 Å². The molecule has 0 spiro atoms. The van der Waals surface area contributed by atoms with E-state index < -0.39 is 0 Å². The van der Waals surface area contributed by atoms with Gasteiger partial charge in [0.1, 0.15) is 0 Å². The van der Waals surface area contributed by atoms with E-state index in [9.17, 15) is 9.59 Å². The van der Waals surface area contributed by atoms with Gasteiger partial charge in [0, 0.05) is 23.6 Å². The van der Waals surface area contributed by atoms with Crippen molar-refractivity contribution < 1.29 is 14.7 Å². The number of carbonyl (C=O) groups excluding carboxylic acids is 2. The molecular weight excluding hydrogens is 288 g/mol. The number of hydrogen-bond acceptors (Lipinski definition) is 4. The third-order valence-corrected chi connectivity index (χ3v) is 4.32. The number of nitrogens with one attached hydrogen (secondary N) is 2. The van der Waals surface area contributed by atoms with Gasteiger partial charge in [0.2, 0.25) is 5.91 Å². The van der Waals surface area contributed by atoms with E-state index in [2.05, 4.69) is 10.6 Å². The lowest BCUT2D eigenvalue weighted by molar-refractivity contribution is -0.113. The summed E-state index contributed by atoms with van der Waals surface area (Å²) in [6.07, 6.45) is 3.70. The van der Waals surface area contributed by atoms with Gasteiger partial charge in [0.25, 0.3) is 5.91 Å². The van der Waals surface area contributed by atoms with Crippen LogP contribution >= 0.6 is 11.8 Å². The van der Waals surface area contributed by atoms with E-state index in [1.807, 2.05) is 6.07 Å². The van der Waals surface area contributed by atoms with Crippen LogP contribution in [0.2, 0.25) is 0 Å². The van der Waals surface area contributed by atoms with Crippen molar-refractivity contribution in [2.24, 2.45) is 0 Å². The van der Waals surface area contributed by atoms with Crippen LogP contribution in [0.15, 0.2) is 23.1 Å². The fraction of sp³-hybridized carbons (Fsp3) is 0.467. The number of hydrogen-bond donors (Lipinski definition) is 3. The molecule has 5 nitrogen and oxygen atoms in total. The molecule has 0 bridgehead atoms. The Bertz CT molecular complexity index is 520. The van der Waals surface area contributed by atoms with Gasteiger partial charge in [-0.15, -0.1) is 11.8 Å². The van der Waals surface area contributed by atoms with Crippen molar-refractivity contribution in [1.82, 2.24) is 5.32 Å². The molecule has 0 aromatic heterocycles. The zero-order valence-corrected chi connectivity index (χ0v) is 12.7. The molecule has 1 aromatic carbocycles. The zero-order valence-electron chi connectivity index (χ0n) is 11.9. The van der Waals surface area contributed by atoms with Crippen LogP contribution in [0.3, 0.4) is 0 Å². The maximum atomic E-state index is 12.0. The molecule has 2 rings (SSSR count). The Balaban J connectivity index is 1.82. The Kier molecular flexibility index (Phi) is 6.07. The van der Waals surface area contributed by atoms with E-state index in [0.717, 1.165) is 30.6 Å². The Hall–Kier alpha value is -1.53. The zero-order chi connectivity index (χ0) is 15.1. The fourth-order valence-corrected chi connectivity index (χ4v) is 2.91. The summed E-state index contributed by atoms with van der Waals surface area (Å²) in [7, 11) is 0. The van der Waals surface area contributed by atoms with Crippen LogP contribution in [0, 0.1) is 0 Å². The van der Waals surface area contributed by atoms with Gasteiger partial charge < -0.3 is 15.7 Å². The van der Waals surface area contributed by atoms with Crippen LogP contribution in [0.5, 0.6) is 0 Å². The van der Waals surface area contributed by atoms with Crippen LogP contribution in [0.25, 0.3) is 0 Å². The molecule has 0 aliphatic carbocycles. The molecule has 2 amide bonds. The highest BCUT2D eigenvalue weighted by atomic mass is 32.2. The number of fused-ring (bicyclic) bond motifs is 1. The summed E-state index contributed by atoms with van der Waals surface area (Å²) >= 11 is 1.48. The minimum Gasteiger partial charge on any atom is -0.396 e. The molecule has 1 aromatic rings. The topological polar surface area (TPSA) is 78.4 Å². The molecule has 0 saturated carbocycles. The number of anilines is 1. The van der Waals surface area contributed by atoms with E-state index in [4.69, 9.17) is 5.11 Å². The summed E-state index contributed by atoms with van der Waals surface area (Å²) in [5.74, 6) is 0.269. The first-order chi connectivity index (χ1) is 10.2. The molecule has 114 valence electrons. The molecule has 0 saturated heterocycles.